The van der Waals surface area contributed by atoms with Gasteiger partial charge in [0.15, 0.2) is 0 Å². The van der Waals surface area contributed by atoms with Crippen LogP contribution >= 0.6 is 0 Å². The summed E-state index contributed by atoms with van der Waals surface area (Å²) >= 11 is 0. The number of hydrogen-bond acceptors (Lipinski definition) is 7. The number of aromatic carboxylic acids is 1. The van der Waals surface area contributed by atoms with E-state index in [9.17, 15) is 39.8 Å². The van der Waals surface area contributed by atoms with Crippen LogP contribution in [-0.2, 0) is 9.59 Å². The van der Waals surface area contributed by atoms with Crippen LogP contribution in [0.15, 0.2) is 78.4 Å². The Bertz CT molecular complexity index is 1360. The minimum absolute atomic E-state index is 0.0206. The molecular weight excluding hydrogens is 444 g/mol. The number of aromatic hydroxyl groups is 1. The molecule has 3 N–H and O–H groups in total. The highest BCUT2D eigenvalue weighted by Crippen LogP contribution is 2.43. The van der Waals surface area contributed by atoms with Gasteiger partial charge in [-0.25, -0.2) is 4.79 Å². The van der Waals surface area contributed by atoms with Gasteiger partial charge < -0.3 is 15.3 Å². The average Bonchev–Trinajstić information content (AvgIpc) is 3.10. The molecule has 1 aliphatic heterocycles. The molecule has 0 spiro atoms. The Morgan fingerprint density at radius 2 is 1.59 bits per heavy atom. The molecule has 0 unspecified atom stereocenters. The number of hydrogen-bond donors (Lipinski definition) is 3. The van der Waals surface area contributed by atoms with Crippen LogP contribution in [0.4, 0.5) is 11.4 Å². The van der Waals surface area contributed by atoms with Crippen molar-refractivity contribution in [2.24, 2.45) is 0 Å². The number of carboxylic acids is 1. The summed E-state index contributed by atoms with van der Waals surface area (Å²) in [6, 6.07) is 15.3. The van der Waals surface area contributed by atoms with Gasteiger partial charge >= 0.3 is 5.97 Å². The zero-order valence-electron chi connectivity index (χ0n) is 17.3. The fourth-order valence-electron chi connectivity index (χ4n) is 3.79. The van der Waals surface area contributed by atoms with Crippen LogP contribution < -0.4 is 4.90 Å². The van der Waals surface area contributed by atoms with Crippen molar-refractivity contribution in [2.75, 3.05) is 4.90 Å². The van der Waals surface area contributed by atoms with Crippen molar-refractivity contribution >= 4 is 34.8 Å². The SMILES string of the molecule is O=C1C(=O)N(c2ccc(O)c(C(=O)O)c2)[C@@H](c2ccc([N+](=O)[O-])cc2)/C1=C(\O)c1ccccc1. The van der Waals surface area contributed by atoms with Crippen LogP contribution in [0.2, 0.25) is 0 Å². The number of rotatable bonds is 5. The van der Waals surface area contributed by atoms with E-state index < -0.39 is 45.7 Å². The number of carbonyl (C=O) groups excluding carboxylic acids is 2. The van der Waals surface area contributed by atoms with E-state index in [1.54, 1.807) is 30.3 Å². The molecule has 0 aliphatic carbocycles. The van der Waals surface area contributed by atoms with Crippen molar-refractivity contribution in [3.05, 3.63) is 105 Å². The van der Waals surface area contributed by atoms with Crippen molar-refractivity contribution < 1.29 is 34.6 Å². The predicted molar refractivity (Wildman–Crippen MR) is 119 cm³/mol. The van der Waals surface area contributed by atoms with E-state index in [0.29, 0.717) is 0 Å². The van der Waals surface area contributed by atoms with E-state index in [1.807, 2.05) is 0 Å². The summed E-state index contributed by atoms with van der Waals surface area (Å²) in [6.45, 7) is 0. The zero-order valence-corrected chi connectivity index (χ0v) is 17.3. The molecule has 3 aromatic carbocycles. The minimum Gasteiger partial charge on any atom is -0.507 e. The lowest BCUT2D eigenvalue weighted by Gasteiger charge is -2.25. The Morgan fingerprint density at radius 3 is 2.18 bits per heavy atom. The van der Waals surface area contributed by atoms with Crippen LogP contribution in [0.25, 0.3) is 5.76 Å². The normalized spacial score (nSPS) is 17.1. The molecule has 34 heavy (non-hydrogen) atoms. The third-order valence-corrected chi connectivity index (χ3v) is 5.40. The van der Waals surface area contributed by atoms with Gasteiger partial charge in [-0.3, -0.25) is 24.6 Å². The number of Topliss-reactive ketones (excluding diaryl/α,β-unsaturated/α-hetero) is 1. The molecule has 1 heterocycles. The van der Waals surface area contributed by atoms with Crippen LogP contribution in [0, 0.1) is 10.1 Å². The highest BCUT2D eigenvalue weighted by Gasteiger charge is 2.47. The maximum absolute atomic E-state index is 13.1. The van der Waals surface area contributed by atoms with Crippen molar-refractivity contribution in [3.63, 3.8) is 0 Å². The highest BCUT2D eigenvalue weighted by molar-refractivity contribution is 6.51. The Hall–Kier alpha value is -4.99. The van der Waals surface area contributed by atoms with E-state index in [4.69, 9.17) is 0 Å². The summed E-state index contributed by atoms with van der Waals surface area (Å²) in [5, 5.41) is 41.3. The number of non-ortho nitro benzene ring substituents is 1. The first-order chi connectivity index (χ1) is 16.2. The maximum atomic E-state index is 13.1. The molecule has 4 rings (SSSR count). The van der Waals surface area contributed by atoms with E-state index in [2.05, 4.69) is 0 Å². The molecule has 1 fully saturated rings. The molecule has 1 amide bonds. The number of nitro benzene ring substituents is 1. The summed E-state index contributed by atoms with van der Waals surface area (Å²) in [6.07, 6.45) is 0. The second-order valence-corrected chi connectivity index (χ2v) is 7.39. The summed E-state index contributed by atoms with van der Waals surface area (Å²) in [7, 11) is 0. The Kier molecular flexibility index (Phi) is 5.56. The highest BCUT2D eigenvalue weighted by atomic mass is 16.6. The third-order valence-electron chi connectivity index (χ3n) is 5.40. The maximum Gasteiger partial charge on any atom is 0.339 e. The molecule has 3 aromatic rings. The van der Waals surface area contributed by atoms with Gasteiger partial charge in [0, 0.05) is 23.4 Å². The summed E-state index contributed by atoms with van der Waals surface area (Å²) in [4.78, 5) is 49.1. The third kappa shape index (κ3) is 3.73. The second kappa shape index (κ2) is 8.51. The molecule has 1 aliphatic rings. The number of nitro groups is 1. The minimum atomic E-state index is -1.45. The number of anilines is 1. The van der Waals surface area contributed by atoms with Gasteiger partial charge in [-0.1, -0.05) is 30.3 Å². The summed E-state index contributed by atoms with van der Waals surface area (Å²) < 4.78 is 0. The first-order valence-electron chi connectivity index (χ1n) is 9.87. The van der Waals surface area contributed by atoms with Crippen LogP contribution in [-0.4, -0.2) is 37.9 Å². The van der Waals surface area contributed by atoms with Crippen molar-refractivity contribution in [3.8, 4) is 5.75 Å². The van der Waals surface area contributed by atoms with Gasteiger partial charge in [-0.2, -0.15) is 0 Å². The molecule has 0 aromatic heterocycles. The zero-order chi connectivity index (χ0) is 24.6. The van der Waals surface area contributed by atoms with E-state index in [1.165, 1.54) is 30.3 Å². The number of phenols is 1. The van der Waals surface area contributed by atoms with Gasteiger partial charge in [0.05, 0.1) is 16.5 Å². The fraction of sp³-hybridized carbons (Fsp3) is 0.0417. The number of benzene rings is 3. The topological polar surface area (TPSA) is 158 Å². The largest absolute Gasteiger partial charge is 0.507 e. The van der Waals surface area contributed by atoms with E-state index in [-0.39, 0.29) is 28.1 Å². The number of carbonyl (C=O) groups is 3. The second-order valence-electron chi connectivity index (χ2n) is 7.39. The van der Waals surface area contributed by atoms with Crippen LogP contribution in [0.1, 0.15) is 27.5 Å². The number of nitrogens with zero attached hydrogens (tertiary/aromatic N) is 2. The van der Waals surface area contributed by atoms with E-state index in [0.717, 1.165) is 17.0 Å². The van der Waals surface area contributed by atoms with E-state index >= 15 is 0 Å². The average molecular weight is 460 g/mol. The molecule has 10 heteroatoms. The molecule has 10 nitrogen and oxygen atoms in total. The van der Waals surface area contributed by atoms with Crippen LogP contribution in [0.3, 0.4) is 0 Å². The van der Waals surface area contributed by atoms with Gasteiger partial charge in [0.25, 0.3) is 17.4 Å². The molecule has 0 radical (unpaired) electrons. The van der Waals surface area contributed by atoms with Crippen LogP contribution in [0.5, 0.6) is 5.75 Å². The smallest absolute Gasteiger partial charge is 0.339 e. The molecular formula is C24H16N2O8. The van der Waals surface area contributed by atoms with Gasteiger partial charge in [0.1, 0.15) is 17.1 Å². The number of aliphatic hydroxyl groups is 1. The molecule has 170 valence electrons. The molecule has 1 saturated heterocycles. The first-order valence-corrected chi connectivity index (χ1v) is 9.87. The van der Waals surface area contributed by atoms with Gasteiger partial charge in [-0.05, 0) is 35.9 Å². The lowest BCUT2D eigenvalue weighted by atomic mass is 9.95. The van der Waals surface area contributed by atoms with Gasteiger partial charge in [0.2, 0.25) is 0 Å². The van der Waals surface area contributed by atoms with Crippen molar-refractivity contribution in [2.45, 2.75) is 6.04 Å². The number of carboxylic acid groups (broad SMARTS) is 1. The monoisotopic (exact) mass is 460 g/mol. The quantitative estimate of drug-likeness (QED) is 0.171. The fourth-order valence-corrected chi connectivity index (χ4v) is 3.79. The Morgan fingerprint density at radius 1 is 0.941 bits per heavy atom. The summed E-state index contributed by atoms with van der Waals surface area (Å²) in [5.74, 6) is -4.50. The Labute approximate surface area is 191 Å². The predicted octanol–water partition coefficient (Wildman–Crippen LogP) is 3.62. The first kappa shape index (κ1) is 22.2. The Balaban J connectivity index is 1.96. The molecule has 0 bridgehead atoms. The number of aliphatic hydroxyl groups excluding tert-OH is 1. The van der Waals surface area contributed by atoms with Gasteiger partial charge in [-0.15, -0.1) is 0 Å². The molecule has 0 saturated carbocycles. The number of ketones is 1. The summed E-state index contributed by atoms with van der Waals surface area (Å²) in [5.41, 5.74) is -0.467. The standard InChI is InChI=1S/C24H16N2O8/c27-18-11-10-16(12-17(18)24(31)32)25-20(13-6-8-15(9-7-13)26(33)34)19(22(29)23(25)30)21(28)14-4-2-1-3-5-14/h1-12,20,27-28H,(H,31,32)/b21-19+/t20-/m0/s1. The lowest BCUT2D eigenvalue weighted by Crippen LogP contribution is -2.29. The lowest BCUT2D eigenvalue weighted by molar-refractivity contribution is -0.384. The number of amides is 1. The molecule has 1 atom stereocenters. The van der Waals surface area contributed by atoms with Crippen molar-refractivity contribution in [1.29, 1.82) is 0 Å². The van der Waals surface area contributed by atoms with Crippen molar-refractivity contribution in [1.82, 2.24) is 0 Å².